The molecule has 2 rings (SSSR count). The van der Waals surface area contributed by atoms with E-state index < -0.39 is 0 Å². The second kappa shape index (κ2) is 8.66. The summed E-state index contributed by atoms with van der Waals surface area (Å²) in [5.41, 5.74) is 6.04. The van der Waals surface area contributed by atoms with Crippen molar-refractivity contribution >= 4 is 29.3 Å². The number of para-hydroxylation sites is 1. The summed E-state index contributed by atoms with van der Waals surface area (Å²) in [6.07, 6.45) is 0.667. The van der Waals surface area contributed by atoms with E-state index in [4.69, 9.17) is 5.73 Å². The van der Waals surface area contributed by atoms with Crippen molar-refractivity contribution in [1.29, 1.82) is 0 Å². The van der Waals surface area contributed by atoms with Gasteiger partial charge in [-0.15, -0.1) is 10.2 Å². The Morgan fingerprint density at radius 2 is 1.92 bits per heavy atom. The predicted octanol–water partition coefficient (Wildman–Crippen LogP) is 1.77. The molecular weight excluding hydrogens is 338 g/mol. The Kier molecular flexibility index (Phi) is 6.58. The van der Waals surface area contributed by atoms with Crippen molar-refractivity contribution in [1.82, 2.24) is 14.8 Å². The standard InChI is InChI=1S/C17H23N5O2S/c1-12(2)22(13-7-5-4-6-8-13)16(24)11-25-17-20-19-15(21(17)3)10-9-14(18)23/h4-8,12H,9-11H2,1-3H3,(H2,18,23). The molecule has 0 atom stereocenters. The summed E-state index contributed by atoms with van der Waals surface area (Å²) in [7, 11) is 1.82. The molecule has 25 heavy (non-hydrogen) atoms. The number of aryl methyl sites for hydroxylation is 1. The van der Waals surface area contributed by atoms with Crippen LogP contribution in [-0.2, 0) is 23.1 Å². The van der Waals surface area contributed by atoms with Gasteiger partial charge in [-0.3, -0.25) is 9.59 Å². The van der Waals surface area contributed by atoms with Crippen LogP contribution in [0.5, 0.6) is 0 Å². The molecule has 2 N–H and O–H groups in total. The lowest BCUT2D eigenvalue weighted by molar-refractivity contribution is -0.118. The van der Waals surface area contributed by atoms with Gasteiger partial charge in [0, 0.05) is 31.6 Å². The third kappa shape index (κ3) is 5.06. The molecule has 8 heteroatoms. The van der Waals surface area contributed by atoms with Gasteiger partial charge in [0.05, 0.1) is 5.75 Å². The molecule has 134 valence electrons. The summed E-state index contributed by atoms with van der Waals surface area (Å²) >= 11 is 1.33. The summed E-state index contributed by atoms with van der Waals surface area (Å²) in [6, 6.07) is 9.66. The Balaban J connectivity index is 2.02. The van der Waals surface area contributed by atoms with Gasteiger partial charge in [-0.05, 0) is 26.0 Å². The van der Waals surface area contributed by atoms with E-state index in [1.54, 1.807) is 9.47 Å². The first-order valence-electron chi connectivity index (χ1n) is 8.06. The molecule has 0 saturated carbocycles. The number of benzene rings is 1. The number of carbonyl (C=O) groups is 2. The van der Waals surface area contributed by atoms with Crippen molar-refractivity contribution in [3.05, 3.63) is 36.2 Å². The third-order valence-electron chi connectivity index (χ3n) is 3.66. The highest BCUT2D eigenvalue weighted by Crippen LogP contribution is 2.21. The molecule has 0 fully saturated rings. The van der Waals surface area contributed by atoms with Gasteiger partial charge in [0.2, 0.25) is 11.8 Å². The molecule has 2 amide bonds. The van der Waals surface area contributed by atoms with Crippen LogP contribution in [0.2, 0.25) is 0 Å². The lowest BCUT2D eigenvalue weighted by atomic mass is 10.2. The SMILES string of the molecule is CC(C)N(C(=O)CSc1nnc(CCC(N)=O)n1C)c1ccccc1. The van der Waals surface area contributed by atoms with Crippen LogP contribution in [0.15, 0.2) is 35.5 Å². The van der Waals surface area contributed by atoms with E-state index in [9.17, 15) is 9.59 Å². The topological polar surface area (TPSA) is 94.1 Å². The predicted molar refractivity (Wildman–Crippen MR) is 98.3 cm³/mol. The quantitative estimate of drug-likeness (QED) is 0.723. The number of anilines is 1. The molecule has 1 aromatic heterocycles. The van der Waals surface area contributed by atoms with Gasteiger partial charge in [0.1, 0.15) is 5.82 Å². The van der Waals surface area contributed by atoms with Crippen molar-refractivity contribution in [2.75, 3.05) is 10.7 Å². The van der Waals surface area contributed by atoms with Crippen LogP contribution in [0.1, 0.15) is 26.1 Å². The molecule has 2 aromatic rings. The Labute approximate surface area is 151 Å². The van der Waals surface area contributed by atoms with Crippen LogP contribution < -0.4 is 10.6 Å². The minimum atomic E-state index is -0.372. The molecule has 0 spiro atoms. The largest absolute Gasteiger partial charge is 0.370 e. The van der Waals surface area contributed by atoms with E-state index in [1.807, 2.05) is 51.2 Å². The van der Waals surface area contributed by atoms with Crippen molar-refractivity contribution < 1.29 is 9.59 Å². The molecule has 0 bridgehead atoms. The smallest absolute Gasteiger partial charge is 0.237 e. The van der Waals surface area contributed by atoms with E-state index in [0.29, 0.717) is 17.4 Å². The highest BCUT2D eigenvalue weighted by atomic mass is 32.2. The Hall–Kier alpha value is -2.35. The number of amides is 2. The van der Waals surface area contributed by atoms with Gasteiger partial charge in [-0.25, -0.2) is 0 Å². The van der Waals surface area contributed by atoms with Crippen molar-refractivity contribution in [2.24, 2.45) is 12.8 Å². The minimum absolute atomic E-state index is 0.00730. The van der Waals surface area contributed by atoms with E-state index in [0.717, 1.165) is 5.69 Å². The van der Waals surface area contributed by atoms with Crippen LogP contribution in [0, 0.1) is 0 Å². The molecular formula is C17H23N5O2S. The number of hydrogen-bond donors (Lipinski definition) is 1. The van der Waals surface area contributed by atoms with Gasteiger partial charge in [0.25, 0.3) is 0 Å². The van der Waals surface area contributed by atoms with Gasteiger partial charge in [-0.2, -0.15) is 0 Å². The second-order valence-corrected chi connectivity index (χ2v) is 6.85. The van der Waals surface area contributed by atoms with E-state index in [2.05, 4.69) is 10.2 Å². The molecule has 0 saturated heterocycles. The maximum atomic E-state index is 12.7. The molecule has 1 heterocycles. The Morgan fingerprint density at radius 1 is 1.24 bits per heavy atom. The van der Waals surface area contributed by atoms with Gasteiger partial charge < -0.3 is 15.2 Å². The van der Waals surface area contributed by atoms with E-state index >= 15 is 0 Å². The fraction of sp³-hybridized carbons (Fsp3) is 0.412. The van der Waals surface area contributed by atoms with Crippen LogP contribution in [0.3, 0.4) is 0 Å². The number of rotatable bonds is 8. The van der Waals surface area contributed by atoms with Crippen LogP contribution in [0.25, 0.3) is 0 Å². The monoisotopic (exact) mass is 361 g/mol. The van der Waals surface area contributed by atoms with Crippen LogP contribution in [-0.4, -0.2) is 38.4 Å². The lowest BCUT2D eigenvalue weighted by Crippen LogP contribution is -2.38. The zero-order valence-corrected chi connectivity index (χ0v) is 15.5. The van der Waals surface area contributed by atoms with Crippen LogP contribution >= 0.6 is 11.8 Å². The van der Waals surface area contributed by atoms with Crippen molar-refractivity contribution in [3.63, 3.8) is 0 Å². The average Bonchev–Trinajstić information content (AvgIpc) is 2.92. The van der Waals surface area contributed by atoms with Crippen molar-refractivity contribution in [3.8, 4) is 0 Å². The third-order valence-corrected chi connectivity index (χ3v) is 4.67. The molecule has 0 unspecified atom stereocenters. The molecule has 0 aliphatic rings. The molecule has 7 nitrogen and oxygen atoms in total. The molecule has 1 aromatic carbocycles. The van der Waals surface area contributed by atoms with E-state index in [1.165, 1.54) is 11.8 Å². The number of aromatic nitrogens is 3. The number of nitrogens with two attached hydrogens (primary N) is 1. The maximum absolute atomic E-state index is 12.7. The average molecular weight is 361 g/mol. The van der Waals surface area contributed by atoms with Crippen LogP contribution in [0.4, 0.5) is 5.69 Å². The zero-order valence-electron chi connectivity index (χ0n) is 14.7. The number of nitrogens with zero attached hydrogens (tertiary/aromatic N) is 4. The Morgan fingerprint density at radius 3 is 2.52 bits per heavy atom. The maximum Gasteiger partial charge on any atom is 0.237 e. The summed E-state index contributed by atoms with van der Waals surface area (Å²) < 4.78 is 1.79. The minimum Gasteiger partial charge on any atom is -0.370 e. The molecule has 0 aliphatic heterocycles. The summed E-state index contributed by atoms with van der Waals surface area (Å²) in [4.78, 5) is 25.3. The normalized spacial score (nSPS) is 10.9. The molecule has 0 radical (unpaired) electrons. The first-order chi connectivity index (χ1) is 11.9. The molecule has 0 aliphatic carbocycles. The number of primary amides is 1. The highest BCUT2D eigenvalue weighted by molar-refractivity contribution is 7.99. The van der Waals surface area contributed by atoms with Gasteiger partial charge in [0.15, 0.2) is 5.16 Å². The zero-order chi connectivity index (χ0) is 18.4. The number of hydrogen-bond acceptors (Lipinski definition) is 5. The summed E-state index contributed by atoms with van der Waals surface area (Å²) in [5, 5.41) is 8.80. The fourth-order valence-corrected chi connectivity index (χ4v) is 3.23. The fourth-order valence-electron chi connectivity index (χ4n) is 2.44. The first-order valence-corrected chi connectivity index (χ1v) is 9.05. The van der Waals surface area contributed by atoms with Crippen molar-refractivity contribution in [2.45, 2.75) is 37.9 Å². The highest BCUT2D eigenvalue weighted by Gasteiger charge is 2.20. The second-order valence-electron chi connectivity index (χ2n) is 5.91. The number of thioether (sulfide) groups is 1. The first kappa shape index (κ1) is 19.0. The number of carbonyl (C=O) groups excluding carboxylic acids is 2. The van der Waals surface area contributed by atoms with Gasteiger partial charge >= 0.3 is 0 Å². The summed E-state index contributed by atoms with van der Waals surface area (Å²) in [6.45, 7) is 3.97. The Bertz CT molecular complexity index is 730. The van der Waals surface area contributed by atoms with Gasteiger partial charge in [-0.1, -0.05) is 30.0 Å². The summed E-state index contributed by atoms with van der Waals surface area (Å²) in [5.74, 6) is 0.572. The van der Waals surface area contributed by atoms with E-state index in [-0.39, 0.29) is 30.0 Å². The lowest BCUT2D eigenvalue weighted by Gasteiger charge is -2.26.